The van der Waals surface area contributed by atoms with E-state index in [-0.39, 0.29) is 0 Å². The van der Waals surface area contributed by atoms with Crippen molar-refractivity contribution < 1.29 is 9.84 Å². The van der Waals surface area contributed by atoms with E-state index in [1.807, 2.05) is 0 Å². The number of epoxide rings is 1. The fourth-order valence-corrected chi connectivity index (χ4v) is 1.74. The molecule has 1 aliphatic heterocycles. The average Bonchev–Trinajstić information content (AvgIpc) is 2.64. The van der Waals surface area contributed by atoms with Gasteiger partial charge in [-0.15, -0.1) is 0 Å². The Morgan fingerprint density at radius 2 is 2.33 bits per heavy atom. The fraction of sp³-hybridized carbons (Fsp3) is 1.00. The summed E-state index contributed by atoms with van der Waals surface area (Å²) >= 11 is 0. The van der Waals surface area contributed by atoms with Crippen molar-refractivity contribution in [3.63, 3.8) is 0 Å². The third-order valence-corrected chi connectivity index (χ3v) is 2.38. The van der Waals surface area contributed by atoms with Crippen molar-refractivity contribution in [1.82, 2.24) is 0 Å². The van der Waals surface area contributed by atoms with Crippen molar-refractivity contribution in [3.8, 4) is 0 Å². The van der Waals surface area contributed by atoms with E-state index in [4.69, 9.17) is 9.84 Å². The second-order valence-corrected chi connectivity index (χ2v) is 3.01. The molecule has 1 saturated carbocycles. The maximum Gasteiger partial charge on any atom is 0.0891 e. The summed E-state index contributed by atoms with van der Waals surface area (Å²) in [6, 6.07) is 0. The molecule has 1 saturated heterocycles. The molecule has 1 N–H and O–H groups in total. The number of aliphatic hydroxyl groups excluding tert-OH is 1. The monoisotopic (exact) mass is 128 g/mol. The number of hydrogen-bond acceptors (Lipinski definition) is 2. The highest BCUT2D eigenvalue weighted by atomic mass is 16.6. The first kappa shape index (κ1) is 5.69. The van der Waals surface area contributed by atoms with Gasteiger partial charge in [0.1, 0.15) is 0 Å². The van der Waals surface area contributed by atoms with Crippen LogP contribution in [0.25, 0.3) is 0 Å². The van der Waals surface area contributed by atoms with E-state index in [0.717, 1.165) is 6.42 Å². The van der Waals surface area contributed by atoms with Gasteiger partial charge in [0.2, 0.25) is 0 Å². The molecule has 2 heteroatoms. The van der Waals surface area contributed by atoms with Crippen LogP contribution in [-0.2, 0) is 4.74 Å². The highest BCUT2D eigenvalue weighted by Crippen LogP contribution is 2.40. The zero-order valence-electron chi connectivity index (χ0n) is 5.42. The van der Waals surface area contributed by atoms with Crippen LogP contribution in [0, 0.1) is 5.92 Å². The van der Waals surface area contributed by atoms with E-state index in [1.54, 1.807) is 0 Å². The van der Waals surface area contributed by atoms with Gasteiger partial charge < -0.3 is 9.84 Å². The van der Waals surface area contributed by atoms with Crippen LogP contribution < -0.4 is 0 Å². The summed E-state index contributed by atoms with van der Waals surface area (Å²) in [6.45, 7) is 0.321. The maximum absolute atomic E-state index is 8.81. The summed E-state index contributed by atoms with van der Waals surface area (Å²) in [5, 5.41) is 8.81. The zero-order valence-corrected chi connectivity index (χ0v) is 5.42. The van der Waals surface area contributed by atoms with Crippen LogP contribution in [0.5, 0.6) is 0 Å². The molecular formula is C7H12O2. The largest absolute Gasteiger partial charge is 0.396 e. The van der Waals surface area contributed by atoms with Crippen molar-refractivity contribution in [1.29, 1.82) is 0 Å². The topological polar surface area (TPSA) is 32.8 Å². The Morgan fingerprint density at radius 3 is 3.00 bits per heavy atom. The molecule has 1 heterocycles. The van der Waals surface area contributed by atoms with E-state index in [2.05, 4.69) is 0 Å². The van der Waals surface area contributed by atoms with E-state index in [0.29, 0.717) is 24.7 Å². The summed E-state index contributed by atoms with van der Waals surface area (Å²) < 4.78 is 5.32. The van der Waals surface area contributed by atoms with Gasteiger partial charge in [-0.1, -0.05) is 6.42 Å². The molecule has 0 radical (unpaired) electrons. The van der Waals surface area contributed by atoms with Crippen LogP contribution >= 0.6 is 0 Å². The van der Waals surface area contributed by atoms with Gasteiger partial charge in [-0.2, -0.15) is 0 Å². The first-order valence-corrected chi connectivity index (χ1v) is 3.68. The Morgan fingerprint density at radius 1 is 1.44 bits per heavy atom. The number of rotatable bonds is 1. The van der Waals surface area contributed by atoms with Crippen LogP contribution in [-0.4, -0.2) is 23.9 Å². The standard InChI is InChI=1S/C7H12O2/c8-4-5-2-1-3-6-7(5)9-6/h5-8H,1-4H2/t5-,6?,7-/m1/s1. The predicted molar refractivity (Wildman–Crippen MR) is 33.1 cm³/mol. The van der Waals surface area contributed by atoms with Crippen molar-refractivity contribution in [2.75, 3.05) is 6.61 Å². The van der Waals surface area contributed by atoms with Crippen LogP contribution in [0.2, 0.25) is 0 Å². The van der Waals surface area contributed by atoms with Crippen molar-refractivity contribution in [3.05, 3.63) is 0 Å². The Hall–Kier alpha value is -0.0800. The van der Waals surface area contributed by atoms with Crippen molar-refractivity contribution in [2.24, 2.45) is 5.92 Å². The van der Waals surface area contributed by atoms with E-state index >= 15 is 0 Å². The normalized spacial score (nSPS) is 48.3. The fourth-order valence-electron chi connectivity index (χ4n) is 1.74. The highest BCUT2D eigenvalue weighted by Gasteiger charge is 2.46. The van der Waals surface area contributed by atoms with Crippen LogP contribution in [0.3, 0.4) is 0 Å². The number of ether oxygens (including phenoxy) is 1. The van der Waals surface area contributed by atoms with Gasteiger partial charge in [-0.25, -0.2) is 0 Å². The minimum atomic E-state index is 0.321. The van der Waals surface area contributed by atoms with Crippen LogP contribution in [0.4, 0.5) is 0 Å². The van der Waals surface area contributed by atoms with Crippen LogP contribution in [0.1, 0.15) is 19.3 Å². The minimum absolute atomic E-state index is 0.321. The van der Waals surface area contributed by atoms with Gasteiger partial charge in [-0.3, -0.25) is 0 Å². The van der Waals surface area contributed by atoms with Crippen molar-refractivity contribution in [2.45, 2.75) is 31.5 Å². The molecule has 3 atom stereocenters. The molecule has 2 rings (SSSR count). The first-order valence-electron chi connectivity index (χ1n) is 3.68. The third kappa shape index (κ3) is 0.864. The Bertz CT molecular complexity index is 113. The molecule has 1 unspecified atom stereocenters. The van der Waals surface area contributed by atoms with Crippen molar-refractivity contribution >= 4 is 0 Å². The van der Waals surface area contributed by atoms with Crippen LogP contribution in [0.15, 0.2) is 0 Å². The predicted octanol–water partition coefficient (Wildman–Crippen LogP) is 0.546. The van der Waals surface area contributed by atoms with E-state index in [9.17, 15) is 0 Å². The number of hydrogen-bond donors (Lipinski definition) is 1. The maximum atomic E-state index is 8.81. The van der Waals surface area contributed by atoms with E-state index < -0.39 is 0 Å². The van der Waals surface area contributed by atoms with Gasteiger partial charge in [0, 0.05) is 12.5 Å². The molecule has 0 aromatic carbocycles. The molecule has 0 spiro atoms. The molecule has 2 aliphatic rings. The Balaban J connectivity index is 1.93. The summed E-state index contributed by atoms with van der Waals surface area (Å²) in [6.07, 6.45) is 4.59. The Labute approximate surface area is 54.8 Å². The molecule has 0 amide bonds. The lowest BCUT2D eigenvalue weighted by molar-refractivity contribution is 0.184. The van der Waals surface area contributed by atoms with Gasteiger partial charge in [-0.05, 0) is 12.8 Å². The minimum Gasteiger partial charge on any atom is -0.396 e. The highest BCUT2D eigenvalue weighted by molar-refractivity contribution is 4.93. The molecule has 9 heavy (non-hydrogen) atoms. The lowest BCUT2D eigenvalue weighted by atomic mass is 9.90. The molecule has 2 nitrogen and oxygen atoms in total. The lowest BCUT2D eigenvalue weighted by Crippen LogP contribution is -2.19. The summed E-state index contributed by atoms with van der Waals surface area (Å²) in [5.74, 6) is 0.462. The number of fused-ring (bicyclic) bond motifs is 1. The second-order valence-electron chi connectivity index (χ2n) is 3.01. The summed E-state index contributed by atoms with van der Waals surface area (Å²) in [4.78, 5) is 0. The second kappa shape index (κ2) is 1.96. The number of aliphatic hydroxyl groups is 1. The molecule has 0 bridgehead atoms. The summed E-state index contributed by atoms with van der Waals surface area (Å²) in [5.41, 5.74) is 0. The van der Waals surface area contributed by atoms with Gasteiger partial charge in [0.05, 0.1) is 12.2 Å². The Kier molecular flexibility index (Phi) is 1.24. The SMILES string of the molecule is OC[C@H]1CCCC2O[C@@H]21. The lowest BCUT2D eigenvalue weighted by Gasteiger charge is -2.14. The molecule has 2 fully saturated rings. The molecule has 52 valence electrons. The molecule has 0 aromatic heterocycles. The third-order valence-electron chi connectivity index (χ3n) is 2.38. The summed E-state index contributed by atoms with van der Waals surface area (Å²) in [7, 11) is 0. The van der Waals surface area contributed by atoms with Gasteiger partial charge in [0.15, 0.2) is 0 Å². The smallest absolute Gasteiger partial charge is 0.0891 e. The molecule has 1 aliphatic carbocycles. The zero-order chi connectivity index (χ0) is 6.27. The van der Waals surface area contributed by atoms with Gasteiger partial charge >= 0.3 is 0 Å². The van der Waals surface area contributed by atoms with E-state index in [1.165, 1.54) is 12.8 Å². The molecule has 0 aromatic rings. The average molecular weight is 128 g/mol. The molecular weight excluding hydrogens is 116 g/mol. The quantitative estimate of drug-likeness (QED) is 0.523. The first-order chi connectivity index (χ1) is 4.42. The van der Waals surface area contributed by atoms with Gasteiger partial charge in [0.25, 0.3) is 0 Å².